The molecular formula is C15H24N2S2. The lowest BCUT2D eigenvalue weighted by Crippen LogP contribution is -2.49. The normalized spacial score (nSPS) is 25.2. The maximum absolute atomic E-state index is 5.83. The fraction of sp³-hybridized carbons (Fsp3) is 0.600. The molecule has 3 N–H and O–H groups in total. The zero-order valence-electron chi connectivity index (χ0n) is 11.8. The second-order valence-corrected chi connectivity index (χ2v) is 7.75. The monoisotopic (exact) mass is 296 g/mol. The summed E-state index contributed by atoms with van der Waals surface area (Å²) < 4.78 is 0. The van der Waals surface area contributed by atoms with E-state index in [4.69, 9.17) is 5.84 Å². The van der Waals surface area contributed by atoms with Crippen molar-refractivity contribution in [1.29, 1.82) is 0 Å². The third-order valence-corrected chi connectivity index (χ3v) is 7.09. The van der Waals surface area contributed by atoms with Gasteiger partial charge in [0.15, 0.2) is 0 Å². The molecule has 2 rings (SSSR count). The molecule has 1 aliphatic heterocycles. The van der Waals surface area contributed by atoms with Crippen molar-refractivity contribution < 1.29 is 0 Å². The van der Waals surface area contributed by atoms with E-state index in [9.17, 15) is 0 Å². The molecule has 0 saturated carbocycles. The van der Waals surface area contributed by atoms with Crippen LogP contribution in [0.3, 0.4) is 0 Å². The van der Waals surface area contributed by atoms with Crippen molar-refractivity contribution in [3.63, 3.8) is 0 Å². The second-order valence-electron chi connectivity index (χ2n) is 5.12. The molecule has 0 bridgehead atoms. The average Bonchev–Trinajstić information content (AvgIpc) is 2.46. The zero-order chi connectivity index (χ0) is 13.7. The van der Waals surface area contributed by atoms with Crippen LogP contribution in [-0.2, 0) is 6.42 Å². The molecule has 1 aromatic rings. The van der Waals surface area contributed by atoms with Crippen LogP contribution in [0.2, 0.25) is 0 Å². The van der Waals surface area contributed by atoms with E-state index in [1.54, 1.807) is 0 Å². The number of nitrogens with two attached hydrogens (primary N) is 1. The Kier molecular flexibility index (Phi) is 6.07. The molecule has 0 spiro atoms. The lowest BCUT2D eigenvalue weighted by Gasteiger charge is -2.35. The molecule has 3 atom stereocenters. The topological polar surface area (TPSA) is 38.0 Å². The van der Waals surface area contributed by atoms with Crippen LogP contribution in [0.1, 0.15) is 24.5 Å². The van der Waals surface area contributed by atoms with Crippen LogP contribution in [0.15, 0.2) is 24.3 Å². The van der Waals surface area contributed by atoms with Gasteiger partial charge >= 0.3 is 0 Å². The molecule has 106 valence electrons. The van der Waals surface area contributed by atoms with Gasteiger partial charge in [0.1, 0.15) is 0 Å². The third-order valence-electron chi connectivity index (χ3n) is 3.68. The summed E-state index contributed by atoms with van der Waals surface area (Å²) in [6, 6.07) is 9.18. The number of rotatable bonds is 5. The molecule has 1 aromatic carbocycles. The van der Waals surface area contributed by atoms with Crippen molar-refractivity contribution >= 4 is 23.5 Å². The van der Waals surface area contributed by atoms with E-state index in [0.29, 0.717) is 11.3 Å². The number of hydrazine groups is 1. The molecule has 19 heavy (non-hydrogen) atoms. The molecule has 0 radical (unpaired) electrons. The molecule has 1 heterocycles. The minimum absolute atomic E-state index is 0.366. The lowest BCUT2D eigenvalue weighted by molar-refractivity contribution is 0.490. The Morgan fingerprint density at radius 2 is 1.95 bits per heavy atom. The number of aryl methyl sites for hydroxylation is 1. The molecule has 3 unspecified atom stereocenters. The van der Waals surface area contributed by atoms with Crippen LogP contribution in [0.5, 0.6) is 0 Å². The van der Waals surface area contributed by atoms with E-state index in [2.05, 4.69) is 67.1 Å². The minimum Gasteiger partial charge on any atom is -0.271 e. The number of thioether (sulfide) groups is 2. The van der Waals surface area contributed by atoms with Gasteiger partial charge in [0, 0.05) is 28.0 Å². The van der Waals surface area contributed by atoms with Crippen LogP contribution in [0.4, 0.5) is 0 Å². The molecule has 2 nitrogen and oxygen atoms in total. The van der Waals surface area contributed by atoms with Crippen LogP contribution >= 0.6 is 23.5 Å². The first kappa shape index (κ1) is 15.2. The number of hydrogen-bond donors (Lipinski definition) is 2. The van der Waals surface area contributed by atoms with E-state index in [1.807, 2.05) is 0 Å². The minimum atomic E-state index is 0.366. The van der Waals surface area contributed by atoms with Crippen LogP contribution in [-0.4, -0.2) is 28.0 Å². The van der Waals surface area contributed by atoms with Crippen molar-refractivity contribution in [2.24, 2.45) is 5.84 Å². The summed E-state index contributed by atoms with van der Waals surface area (Å²) in [6.07, 6.45) is 2.25. The highest BCUT2D eigenvalue weighted by atomic mass is 32.2. The Balaban J connectivity index is 2.04. The van der Waals surface area contributed by atoms with Gasteiger partial charge < -0.3 is 0 Å². The first-order valence-electron chi connectivity index (χ1n) is 6.99. The van der Waals surface area contributed by atoms with Gasteiger partial charge in [-0.1, -0.05) is 36.8 Å². The van der Waals surface area contributed by atoms with E-state index >= 15 is 0 Å². The number of benzene rings is 1. The van der Waals surface area contributed by atoms with Gasteiger partial charge in [-0.25, -0.2) is 0 Å². The highest BCUT2D eigenvalue weighted by molar-refractivity contribution is 8.07. The van der Waals surface area contributed by atoms with Gasteiger partial charge in [0.05, 0.1) is 0 Å². The van der Waals surface area contributed by atoms with Crippen LogP contribution in [0, 0.1) is 6.92 Å². The summed E-state index contributed by atoms with van der Waals surface area (Å²) in [5.41, 5.74) is 5.75. The van der Waals surface area contributed by atoms with Crippen molar-refractivity contribution in [1.82, 2.24) is 5.43 Å². The summed E-state index contributed by atoms with van der Waals surface area (Å²) in [7, 11) is 0. The van der Waals surface area contributed by atoms with Gasteiger partial charge in [-0.05, 0) is 25.3 Å². The van der Waals surface area contributed by atoms with Crippen molar-refractivity contribution in [3.05, 3.63) is 35.4 Å². The Hall–Kier alpha value is -0.160. The lowest BCUT2D eigenvalue weighted by atomic mass is 10.00. The molecule has 1 fully saturated rings. The Morgan fingerprint density at radius 1 is 1.26 bits per heavy atom. The number of hydrogen-bond acceptors (Lipinski definition) is 4. The van der Waals surface area contributed by atoms with Gasteiger partial charge in [-0.15, -0.1) is 0 Å². The summed E-state index contributed by atoms with van der Waals surface area (Å²) in [5, 5.41) is 1.35. The molecule has 0 aliphatic carbocycles. The SMILES string of the molecule is CCC1SCCSC1C(Cc1ccc(C)cc1)NN. The molecule has 1 aliphatic rings. The highest BCUT2D eigenvalue weighted by Gasteiger charge is 2.31. The third kappa shape index (κ3) is 4.15. The van der Waals surface area contributed by atoms with Crippen molar-refractivity contribution in [2.75, 3.05) is 11.5 Å². The fourth-order valence-corrected chi connectivity index (χ4v) is 5.80. The van der Waals surface area contributed by atoms with Crippen molar-refractivity contribution in [3.8, 4) is 0 Å². The van der Waals surface area contributed by atoms with Gasteiger partial charge in [0.25, 0.3) is 0 Å². The standard InChI is InChI=1S/C15H24N2S2/c1-3-14-15(19-9-8-18-14)13(17-16)10-12-6-4-11(2)5-7-12/h4-7,13-15,17H,3,8-10,16H2,1-2H3. The molecule has 1 saturated heterocycles. The first-order valence-corrected chi connectivity index (χ1v) is 9.09. The Labute approximate surface area is 125 Å². The van der Waals surface area contributed by atoms with Crippen LogP contribution in [0.25, 0.3) is 0 Å². The number of nitrogens with one attached hydrogen (secondary N) is 1. The molecular weight excluding hydrogens is 272 g/mol. The zero-order valence-corrected chi connectivity index (χ0v) is 13.4. The molecule has 0 amide bonds. The summed E-state index contributed by atoms with van der Waals surface area (Å²) in [6.45, 7) is 4.42. The second kappa shape index (κ2) is 7.58. The maximum atomic E-state index is 5.83. The van der Waals surface area contributed by atoms with E-state index in [0.717, 1.165) is 11.7 Å². The maximum Gasteiger partial charge on any atom is 0.0380 e. The summed E-state index contributed by atoms with van der Waals surface area (Å²) in [4.78, 5) is 0. The van der Waals surface area contributed by atoms with Gasteiger partial charge in [0.2, 0.25) is 0 Å². The smallest absolute Gasteiger partial charge is 0.0380 e. The molecule has 4 heteroatoms. The van der Waals surface area contributed by atoms with Gasteiger partial charge in [-0.3, -0.25) is 11.3 Å². The predicted octanol–water partition coefficient (Wildman–Crippen LogP) is 3.00. The Morgan fingerprint density at radius 3 is 2.58 bits per heavy atom. The van der Waals surface area contributed by atoms with E-state index in [1.165, 1.54) is 29.1 Å². The fourth-order valence-electron chi connectivity index (χ4n) is 2.56. The average molecular weight is 297 g/mol. The van der Waals surface area contributed by atoms with E-state index < -0.39 is 0 Å². The van der Waals surface area contributed by atoms with Crippen LogP contribution < -0.4 is 11.3 Å². The van der Waals surface area contributed by atoms with Crippen molar-refractivity contribution in [2.45, 2.75) is 43.2 Å². The quantitative estimate of drug-likeness (QED) is 0.647. The summed E-state index contributed by atoms with van der Waals surface area (Å²) >= 11 is 4.20. The Bertz CT molecular complexity index is 380. The molecule has 0 aromatic heterocycles. The highest BCUT2D eigenvalue weighted by Crippen LogP contribution is 2.35. The first-order chi connectivity index (χ1) is 9.24. The van der Waals surface area contributed by atoms with E-state index in [-0.39, 0.29) is 0 Å². The largest absolute Gasteiger partial charge is 0.271 e. The predicted molar refractivity (Wildman–Crippen MR) is 88.8 cm³/mol. The van der Waals surface area contributed by atoms with Gasteiger partial charge in [-0.2, -0.15) is 23.5 Å². The summed E-state index contributed by atoms with van der Waals surface area (Å²) in [5.74, 6) is 8.35.